The van der Waals surface area contributed by atoms with Crippen molar-refractivity contribution in [2.24, 2.45) is 23.2 Å². The lowest BCUT2D eigenvalue weighted by molar-refractivity contribution is -0.0444. The second-order valence-electron chi connectivity index (χ2n) is 9.35. The van der Waals surface area contributed by atoms with Crippen LogP contribution in [0.15, 0.2) is 12.1 Å². The van der Waals surface area contributed by atoms with Crippen LogP contribution in [-0.4, -0.2) is 33.5 Å². The number of aromatic carboxylic acids is 1. The Morgan fingerprint density at radius 2 is 2.03 bits per heavy atom. The Labute approximate surface area is 183 Å². The SMILES string of the molecule is CCC1(C(O)CCCC2[C@@H](CCCc3ccc(C(=O)O)s3)C(C#N)C[C@H]2O)CCC1. The number of carbonyl (C=O) groups is 1. The minimum atomic E-state index is -0.885. The van der Waals surface area contributed by atoms with E-state index in [4.69, 9.17) is 5.11 Å². The molecule has 0 radical (unpaired) electrons. The van der Waals surface area contributed by atoms with Gasteiger partial charge in [-0.2, -0.15) is 5.26 Å². The molecule has 1 aromatic heterocycles. The minimum Gasteiger partial charge on any atom is -0.477 e. The Balaban J connectivity index is 1.50. The van der Waals surface area contributed by atoms with Gasteiger partial charge < -0.3 is 15.3 Å². The van der Waals surface area contributed by atoms with E-state index in [1.807, 2.05) is 6.07 Å². The third kappa shape index (κ3) is 5.07. The molecule has 5 atom stereocenters. The first-order chi connectivity index (χ1) is 14.4. The fraction of sp³-hybridized carbons (Fsp3) is 0.750. The summed E-state index contributed by atoms with van der Waals surface area (Å²) in [6, 6.07) is 5.94. The van der Waals surface area contributed by atoms with E-state index >= 15 is 0 Å². The Bertz CT molecular complexity index is 745. The van der Waals surface area contributed by atoms with Gasteiger partial charge in [0.05, 0.1) is 24.2 Å². The van der Waals surface area contributed by atoms with E-state index in [2.05, 4.69) is 13.0 Å². The maximum Gasteiger partial charge on any atom is 0.345 e. The van der Waals surface area contributed by atoms with Crippen molar-refractivity contribution in [2.45, 2.75) is 89.8 Å². The lowest BCUT2D eigenvalue weighted by Crippen LogP contribution is -2.40. The van der Waals surface area contributed by atoms with E-state index in [1.54, 1.807) is 6.07 Å². The number of carboxylic acids is 1. The van der Waals surface area contributed by atoms with E-state index in [9.17, 15) is 20.3 Å². The number of nitrogens with zero attached hydrogens (tertiary/aromatic N) is 1. The molecule has 2 aliphatic carbocycles. The summed E-state index contributed by atoms with van der Waals surface area (Å²) in [6.07, 6.45) is 9.51. The summed E-state index contributed by atoms with van der Waals surface area (Å²) in [5.74, 6) is -0.686. The number of carboxylic acid groups (broad SMARTS) is 1. The van der Waals surface area contributed by atoms with Gasteiger partial charge in [0.2, 0.25) is 0 Å². The summed E-state index contributed by atoms with van der Waals surface area (Å²) in [7, 11) is 0. The van der Waals surface area contributed by atoms with Gasteiger partial charge in [-0.3, -0.25) is 0 Å². The fourth-order valence-electron chi connectivity index (χ4n) is 5.71. The Morgan fingerprint density at radius 3 is 2.60 bits per heavy atom. The zero-order chi connectivity index (χ0) is 21.7. The molecule has 3 N–H and O–H groups in total. The van der Waals surface area contributed by atoms with Crippen molar-refractivity contribution in [3.63, 3.8) is 0 Å². The van der Waals surface area contributed by atoms with Crippen LogP contribution in [0, 0.1) is 34.5 Å². The van der Waals surface area contributed by atoms with Crippen molar-refractivity contribution in [3.05, 3.63) is 21.9 Å². The standard InChI is InChI=1S/C24H35NO4S/c1-2-24(12-5-13-24)22(27)9-4-8-19-18(16(15-25)14-20(19)26)7-3-6-17-10-11-21(30-17)23(28)29/h10-11,16,18-20,22,26-27H,2-9,12-14H2,1H3,(H,28,29)/t16?,18-,19?,20+,22?/m0/s1. The Kier molecular flexibility index (Phi) is 7.95. The highest BCUT2D eigenvalue weighted by molar-refractivity contribution is 7.13. The molecule has 0 aliphatic heterocycles. The number of hydrogen-bond donors (Lipinski definition) is 3. The topological polar surface area (TPSA) is 102 Å². The van der Waals surface area contributed by atoms with E-state index in [0.717, 1.165) is 62.7 Å². The molecule has 1 heterocycles. The molecule has 3 rings (SSSR count). The van der Waals surface area contributed by atoms with Gasteiger partial charge in [0.1, 0.15) is 4.88 Å². The molecule has 2 fully saturated rings. The molecular formula is C24H35NO4S. The number of aliphatic hydroxyl groups excluding tert-OH is 2. The maximum absolute atomic E-state index is 11.0. The predicted octanol–water partition coefficient (Wildman–Crippen LogP) is 5.02. The first-order valence-corrected chi connectivity index (χ1v) is 12.3. The van der Waals surface area contributed by atoms with Crippen LogP contribution in [0.4, 0.5) is 0 Å². The molecule has 2 aliphatic rings. The largest absolute Gasteiger partial charge is 0.477 e. The van der Waals surface area contributed by atoms with Crippen LogP contribution in [0.5, 0.6) is 0 Å². The minimum absolute atomic E-state index is 0.110. The second-order valence-corrected chi connectivity index (χ2v) is 10.5. The highest BCUT2D eigenvalue weighted by Crippen LogP contribution is 2.48. The highest BCUT2D eigenvalue weighted by atomic mass is 32.1. The molecule has 0 saturated heterocycles. The fourth-order valence-corrected chi connectivity index (χ4v) is 6.60. The van der Waals surface area contributed by atoms with Crippen LogP contribution in [0.1, 0.15) is 85.7 Å². The third-order valence-corrected chi connectivity index (χ3v) is 8.96. The van der Waals surface area contributed by atoms with Crippen molar-refractivity contribution in [2.75, 3.05) is 0 Å². The van der Waals surface area contributed by atoms with Gasteiger partial charge in [-0.1, -0.05) is 19.8 Å². The van der Waals surface area contributed by atoms with E-state index in [1.165, 1.54) is 17.8 Å². The molecule has 166 valence electrons. The molecular weight excluding hydrogens is 398 g/mol. The van der Waals surface area contributed by atoms with Crippen LogP contribution in [0.2, 0.25) is 0 Å². The van der Waals surface area contributed by atoms with Crippen molar-refractivity contribution in [1.82, 2.24) is 0 Å². The first kappa shape index (κ1) is 23.2. The zero-order valence-corrected chi connectivity index (χ0v) is 18.7. The normalized spacial score (nSPS) is 28.6. The number of rotatable bonds is 11. The second kappa shape index (κ2) is 10.3. The highest BCUT2D eigenvalue weighted by Gasteiger charge is 2.43. The van der Waals surface area contributed by atoms with Gasteiger partial charge in [0.25, 0.3) is 0 Å². The molecule has 0 amide bonds. The molecule has 0 bridgehead atoms. The van der Waals surface area contributed by atoms with Gasteiger partial charge >= 0.3 is 5.97 Å². The molecule has 3 unspecified atom stereocenters. The molecule has 1 aromatic rings. The number of thiophene rings is 1. The van der Waals surface area contributed by atoms with E-state index in [0.29, 0.717) is 11.3 Å². The number of hydrogen-bond acceptors (Lipinski definition) is 5. The average molecular weight is 434 g/mol. The summed E-state index contributed by atoms with van der Waals surface area (Å²) in [6.45, 7) is 2.17. The monoisotopic (exact) mass is 433 g/mol. The van der Waals surface area contributed by atoms with Gasteiger partial charge in [0.15, 0.2) is 0 Å². The van der Waals surface area contributed by atoms with Crippen LogP contribution >= 0.6 is 11.3 Å². The summed E-state index contributed by atoms with van der Waals surface area (Å²) in [5, 5.41) is 39.9. The molecule has 5 nitrogen and oxygen atoms in total. The Hall–Kier alpha value is -1.42. The molecule has 0 aromatic carbocycles. The molecule has 0 spiro atoms. The average Bonchev–Trinajstić information content (AvgIpc) is 3.27. The quantitative estimate of drug-likeness (QED) is 0.455. The summed E-state index contributed by atoms with van der Waals surface area (Å²) in [5.41, 5.74) is 0.123. The van der Waals surface area contributed by atoms with Crippen molar-refractivity contribution in [1.29, 1.82) is 5.26 Å². The van der Waals surface area contributed by atoms with Crippen LogP contribution in [-0.2, 0) is 6.42 Å². The zero-order valence-electron chi connectivity index (χ0n) is 17.9. The number of nitriles is 1. The maximum atomic E-state index is 11.0. The Morgan fingerprint density at radius 1 is 1.30 bits per heavy atom. The van der Waals surface area contributed by atoms with Crippen LogP contribution in [0.25, 0.3) is 0 Å². The lowest BCUT2D eigenvalue weighted by Gasteiger charge is -2.45. The summed E-state index contributed by atoms with van der Waals surface area (Å²) < 4.78 is 0. The molecule has 6 heteroatoms. The third-order valence-electron chi connectivity index (χ3n) is 7.83. The van der Waals surface area contributed by atoms with Gasteiger partial charge in [-0.25, -0.2) is 4.79 Å². The van der Waals surface area contributed by atoms with Crippen molar-refractivity contribution >= 4 is 17.3 Å². The number of aryl methyl sites for hydroxylation is 1. The summed E-state index contributed by atoms with van der Waals surface area (Å²) >= 11 is 1.32. The van der Waals surface area contributed by atoms with Crippen LogP contribution in [0.3, 0.4) is 0 Å². The summed E-state index contributed by atoms with van der Waals surface area (Å²) in [4.78, 5) is 12.5. The van der Waals surface area contributed by atoms with Crippen LogP contribution < -0.4 is 0 Å². The predicted molar refractivity (Wildman–Crippen MR) is 117 cm³/mol. The smallest absolute Gasteiger partial charge is 0.345 e. The van der Waals surface area contributed by atoms with Gasteiger partial charge in [-0.15, -0.1) is 11.3 Å². The van der Waals surface area contributed by atoms with Crippen molar-refractivity contribution in [3.8, 4) is 6.07 Å². The first-order valence-electron chi connectivity index (χ1n) is 11.5. The molecule has 2 saturated carbocycles. The van der Waals surface area contributed by atoms with Crippen molar-refractivity contribution < 1.29 is 20.1 Å². The number of aliphatic hydroxyl groups is 2. The molecule has 30 heavy (non-hydrogen) atoms. The van der Waals surface area contributed by atoms with E-state index in [-0.39, 0.29) is 29.3 Å². The lowest BCUT2D eigenvalue weighted by atomic mass is 9.62. The van der Waals surface area contributed by atoms with Gasteiger partial charge in [-0.05, 0) is 87.2 Å². The van der Waals surface area contributed by atoms with E-state index < -0.39 is 12.1 Å². The van der Waals surface area contributed by atoms with Gasteiger partial charge in [0, 0.05) is 4.88 Å².